The summed E-state index contributed by atoms with van der Waals surface area (Å²) in [6.07, 6.45) is 7.41. The molecule has 18 heavy (non-hydrogen) atoms. The van der Waals surface area contributed by atoms with Gasteiger partial charge in [-0.25, -0.2) is 4.39 Å². The Morgan fingerprint density at radius 1 is 1.39 bits per heavy atom. The first-order valence-electron chi connectivity index (χ1n) is 6.42. The normalized spacial score (nSPS) is 12.4. The number of unbranched alkanes of at least 4 members (excludes halogenated alkanes) is 3. The van der Waals surface area contributed by atoms with E-state index < -0.39 is 0 Å². The summed E-state index contributed by atoms with van der Waals surface area (Å²) in [6.45, 7) is 3.71. The van der Waals surface area contributed by atoms with Crippen LogP contribution in [0.25, 0.3) is 0 Å². The van der Waals surface area contributed by atoms with E-state index in [1.807, 2.05) is 19.2 Å². The molecule has 0 fully saturated rings. The molecule has 1 nitrogen and oxygen atoms in total. The summed E-state index contributed by atoms with van der Waals surface area (Å²) in [7, 11) is 1.88. The number of hydrogen-bond donors (Lipinski definition) is 1. The Kier molecular flexibility index (Phi) is 7.21. The van der Waals surface area contributed by atoms with Gasteiger partial charge in [-0.15, -0.1) is 6.58 Å². The van der Waals surface area contributed by atoms with Gasteiger partial charge in [0, 0.05) is 16.1 Å². The predicted molar refractivity (Wildman–Crippen MR) is 79.2 cm³/mol. The van der Waals surface area contributed by atoms with Gasteiger partial charge in [-0.2, -0.15) is 0 Å². The number of hydrogen-bond acceptors (Lipinski definition) is 1. The fourth-order valence-corrected chi connectivity index (χ4v) is 2.43. The lowest BCUT2D eigenvalue weighted by Gasteiger charge is -2.17. The second-order valence-electron chi connectivity index (χ2n) is 4.43. The summed E-state index contributed by atoms with van der Waals surface area (Å²) >= 11 is 3.39. The van der Waals surface area contributed by atoms with Crippen LogP contribution in [0.15, 0.2) is 35.3 Å². The molecule has 0 spiro atoms. The van der Waals surface area contributed by atoms with E-state index >= 15 is 0 Å². The minimum Gasteiger partial charge on any atom is -0.313 e. The van der Waals surface area contributed by atoms with Crippen molar-refractivity contribution in [2.75, 3.05) is 7.05 Å². The van der Waals surface area contributed by atoms with Crippen LogP contribution in [0.3, 0.4) is 0 Å². The third-order valence-corrected chi connectivity index (χ3v) is 3.58. The third-order valence-electron chi connectivity index (χ3n) is 3.08. The number of nitrogens with one attached hydrogen (secondary N) is 1. The first kappa shape index (κ1) is 15.4. The van der Waals surface area contributed by atoms with E-state index in [0.717, 1.165) is 29.3 Å². The summed E-state index contributed by atoms with van der Waals surface area (Å²) in [5, 5.41) is 3.20. The zero-order valence-corrected chi connectivity index (χ0v) is 12.5. The molecule has 0 saturated heterocycles. The minimum atomic E-state index is -0.136. The van der Waals surface area contributed by atoms with Crippen LogP contribution < -0.4 is 5.32 Å². The summed E-state index contributed by atoms with van der Waals surface area (Å²) in [5.74, 6) is -0.136. The maximum Gasteiger partial charge on any atom is 0.128 e. The highest BCUT2D eigenvalue weighted by Gasteiger charge is 2.13. The first-order chi connectivity index (χ1) is 8.69. The summed E-state index contributed by atoms with van der Waals surface area (Å²) in [6, 6.07) is 5.20. The molecule has 1 N–H and O–H groups in total. The second kappa shape index (κ2) is 8.44. The molecule has 0 radical (unpaired) electrons. The molecule has 3 heteroatoms. The van der Waals surface area contributed by atoms with Crippen LogP contribution in [0.5, 0.6) is 0 Å². The molecular weight excluding hydrogens is 293 g/mol. The number of rotatable bonds is 8. The monoisotopic (exact) mass is 313 g/mol. The molecule has 0 saturated carbocycles. The lowest BCUT2D eigenvalue weighted by molar-refractivity contribution is 0.482. The standard InChI is InChI=1S/C15H21BrFN/c1-3-4-5-6-7-8-15(18-2)13-11-12(16)9-10-14(13)17/h3,9-11,15,18H,1,4-8H2,2H3. The molecule has 0 aliphatic carbocycles. The van der Waals surface area contributed by atoms with Crippen molar-refractivity contribution < 1.29 is 4.39 Å². The number of benzene rings is 1. The largest absolute Gasteiger partial charge is 0.313 e. The smallest absolute Gasteiger partial charge is 0.128 e. The summed E-state index contributed by atoms with van der Waals surface area (Å²) in [5.41, 5.74) is 0.746. The zero-order chi connectivity index (χ0) is 13.4. The van der Waals surface area contributed by atoms with Crippen LogP contribution in [0.1, 0.15) is 43.7 Å². The van der Waals surface area contributed by atoms with Crippen molar-refractivity contribution in [1.29, 1.82) is 0 Å². The van der Waals surface area contributed by atoms with Crippen molar-refractivity contribution >= 4 is 15.9 Å². The highest BCUT2D eigenvalue weighted by atomic mass is 79.9. The van der Waals surface area contributed by atoms with Gasteiger partial charge in [-0.1, -0.05) is 34.8 Å². The van der Waals surface area contributed by atoms with Crippen LogP contribution in [-0.4, -0.2) is 7.05 Å². The zero-order valence-electron chi connectivity index (χ0n) is 10.9. The van der Waals surface area contributed by atoms with E-state index in [9.17, 15) is 4.39 Å². The molecule has 0 bridgehead atoms. The first-order valence-corrected chi connectivity index (χ1v) is 7.21. The topological polar surface area (TPSA) is 12.0 Å². The molecule has 0 aliphatic rings. The lowest BCUT2D eigenvalue weighted by Crippen LogP contribution is -2.17. The van der Waals surface area contributed by atoms with Crippen LogP contribution in [-0.2, 0) is 0 Å². The molecule has 0 aromatic heterocycles. The Balaban J connectivity index is 2.54. The Morgan fingerprint density at radius 3 is 2.83 bits per heavy atom. The highest BCUT2D eigenvalue weighted by Crippen LogP contribution is 2.25. The molecular formula is C15H21BrFN. The van der Waals surface area contributed by atoms with Gasteiger partial charge >= 0.3 is 0 Å². The van der Waals surface area contributed by atoms with Gasteiger partial charge < -0.3 is 5.32 Å². The van der Waals surface area contributed by atoms with E-state index in [0.29, 0.717) is 0 Å². The van der Waals surface area contributed by atoms with Crippen molar-refractivity contribution in [3.05, 3.63) is 46.7 Å². The Morgan fingerprint density at radius 2 is 2.17 bits per heavy atom. The summed E-state index contributed by atoms with van der Waals surface area (Å²) < 4.78 is 14.7. The van der Waals surface area contributed by atoms with Gasteiger partial charge in [-0.05, 0) is 44.5 Å². The molecule has 0 heterocycles. The minimum absolute atomic E-state index is 0.0891. The van der Waals surface area contributed by atoms with Crippen LogP contribution in [0.2, 0.25) is 0 Å². The SMILES string of the molecule is C=CCCCCCC(NC)c1cc(Br)ccc1F. The molecule has 1 aromatic carbocycles. The fourth-order valence-electron chi connectivity index (χ4n) is 2.05. The van der Waals surface area contributed by atoms with Gasteiger partial charge in [0.1, 0.15) is 5.82 Å². The molecule has 0 amide bonds. The molecule has 1 atom stereocenters. The average molecular weight is 314 g/mol. The highest BCUT2D eigenvalue weighted by molar-refractivity contribution is 9.10. The van der Waals surface area contributed by atoms with Gasteiger partial charge in [-0.3, -0.25) is 0 Å². The molecule has 1 aromatic rings. The van der Waals surface area contributed by atoms with Crippen molar-refractivity contribution in [3.63, 3.8) is 0 Å². The third kappa shape index (κ3) is 4.91. The summed E-state index contributed by atoms with van der Waals surface area (Å²) in [4.78, 5) is 0. The van der Waals surface area contributed by atoms with E-state index in [4.69, 9.17) is 0 Å². The van der Waals surface area contributed by atoms with Crippen molar-refractivity contribution in [2.45, 2.75) is 38.1 Å². The van der Waals surface area contributed by atoms with Gasteiger partial charge in [0.05, 0.1) is 0 Å². The Hall–Kier alpha value is -0.670. The molecule has 1 unspecified atom stereocenters. The van der Waals surface area contributed by atoms with E-state index in [1.54, 1.807) is 6.07 Å². The van der Waals surface area contributed by atoms with Crippen LogP contribution in [0.4, 0.5) is 4.39 Å². The Bertz CT molecular complexity index is 379. The van der Waals surface area contributed by atoms with Crippen molar-refractivity contribution in [3.8, 4) is 0 Å². The van der Waals surface area contributed by atoms with E-state index in [2.05, 4.69) is 27.8 Å². The van der Waals surface area contributed by atoms with E-state index in [1.165, 1.54) is 18.9 Å². The van der Waals surface area contributed by atoms with Crippen molar-refractivity contribution in [1.82, 2.24) is 5.32 Å². The average Bonchev–Trinajstić information content (AvgIpc) is 2.37. The maximum absolute atomic E-state index is 13.8. The van der Waals surface area contributed by atoms with Crippen LogP contribution in [0, 0.1) is 5.82 Å². The second-order valence-corrected chi connectivity index (χ2v) is 5.35. The van der Waals surface area contributed by atoms with Gasteiger partial charge in [0.2, 0.25) is 0 Å². The maximum atomic E-state index is 13.8. The Labute approximate surface area is 118 Å². The van der Waals surface area contributed by atoms with Crippen molar-refractivity contribution in [2.24, 2.45) is 0 Å². The molecule has 0 aliphatic heterocycles. The van der Waals surface area contributed by atoms with Gasteiger partial charge in [0.25, 0.3) is 0 Å². The predicted octanol–water partition coefficient (Wildman–Crippen LogP) is 4.99. The van der Waals surface area contributed by atoms with E-state index in [-0.39, 0.29) is 11.9 Å². The lowest BCUT2D eigenvalue weighted by atomic mass is 9.99. The van der Waals surface area contributed by atoms with Gasteiger partial charge in [0.15, 0.2) is 0 Å². The van der Waals surface area contributed by atoms with Crippen LogP contribution >= 0.6 is 15.9 Å². The molecule has 1 rings (SSSR count). The fraction of sp³-hybridized carbons (Fsp3) is 0.467. The molecule has 100 valence electrons. The number of halogens is 2. The number of allylic oxidation sites excluding steroid dienone is 1. The quantitative estimate of drug-likeness (QED) is 0.527.